The van der Waals surface area contributed by atoms with E-state index in [1.807, 2.05) is 48.5 Å². The van der Waals surface area contributed by atoms with Crippen molar-refractivity contribution >= 4 is 0 Å². The molecule has 0 saturated carbocycles. The molecule has 0 atom stereocenters. The first-order valence-electron chi connectivity index (χ1n) is 9.90. The SMILES string of the molecule is CCc1c[c-]n(-c2cccc(C(C)(C)c3cccc(-n4[c-]cc(CC)n4)n3)n2)n1.[Pd+2]. The van der Waals surface area contributed by atoms with E-state index in [0.717, 1.165) is 47.3 Å². The van der Waals surface area contributed by atoms with Crippen LogP contribution in [0.2, 0.25) is 0 Å². The van der Waals surface area contributed by atoms with Crippen LogP contribution < -0.4 is 0 Å². The summed E-state index contributed by atoms with van der Waals surface area (Å²) >= 11 is 0. The first-order chi connectivity index (χ1) is 14.0. The zero-order valence-electron chi connectivity index (χ0n) is 17.5. The molecule has 4 heterocycles. The zero-order valence-corrected chi connectivity index (χ0v) is 19.1. The third-order valence-corrected chi connectivity index (χ3v) is 5.07. The van der Waals surface area contributed by atoms with E-state index in [1.54, 1.807) is 9.36 Å². The topological polar surface area (TPSA) is 61.4 Å². The Kier molecular flexibility index (Phi) is 6.65. The molecule has 0 N–H and O–H groups in total. The van der Waals surface area contributed by atoms with Crippen molar-refractivity contribution in [3.63, 3.8) is 0 Å². The second-order valence-electron chi connectivity index (χ2n) is 7.45. The van der Waals surface area contributed by atoms with E-state index in [9.17, 15) is 0 Å². The average Bonchev–Trinajstić information content (AvgIpc) is 3.43. The first-order valence-corrected chi connectivity index (χ1v) is 9.90. The number of rotatable bonds is 6. The summed E-state index contributed by atoms with van der Waals surface area (Å²) in [6, 6.07) is 15.7. The Hall–Kier alpha value is -2.62. The summed E-state index contributed by atoms with van der Waals surface area (Å²) in [6.45, 7) is 8.40. The fraction of sp³-hybridized carbons (Fsp3) is 0.304. The number of aromatic nitrogens is 6. The zero-order chi connectivity index (χ0) is 20.4. The Morgan fingerprint density at radius 2 is 1.20 bits per heavy atom. The summed E-state index contributed by atoms with van der Waals surface area (Å²) in [4.78, 5) is 9.71. The molecule has 7 heteroatoms. The van der Waals surface area contributed by atoms with Crippen LogP contribution >= 0.6 is 0 Å². The van der Waals surface area contributed by atoms with Gasteiger partial charge in [0.05, 0.1) is 11.6 Å². The van der Waals surface area contributed by atoms with E-state index in [2.05, 4.69) is 50.3 Å². The summed E-state index contributed by atoms with van der Waals surface area (Å²) in [7, 11) is 0. The summed E-state index contributed by atoms with van der Waals surface area (Å²) in [5.41, 5.74) is 3.43. The number of pyridine rings is 2. The number of aryl methyl sites for hydroxylation is 2. The summed E-state index contributed by atoms with van der Waals surface area (Å²) < 4.78 is 3.40. The predicted octanol–water partition coefficient (Wildman–Crippen LogP) is 3.90. The van der Waals surface area contributed by atoms with Gasteiger partial charge in [0.15, 0.2) is 0 Å². The molecule has 0 unspecified atom stereocenters. The predicted molar refractivity (Wildman–Crippen MR) is 111 cm³/mol. The van der Waals surface area contributed by atoms with E-state index in [1.165, 1.54) is 0 Å². The minimum Gasteiger partial charge on any atom is -0.343 e. The normalized spacial score (nSPS) is 11.3. The summed E-state index contributed by atoms with van der Waals surface area (Å²) in [6.07, 6.45) is 8.02. The number of hydrogen-bond acceptors (Lipinski definition) is 4. The maximum atomic E-state index is 4.86. The van der Waals surface area contributed by atoms with Crippen LogP contribution in [0, 0.1) is 12.4 Å². The van der Waals surface area contributed by atoms with Crippen molar-refractivity contribution < 1.29 is 20.4 Å². The molecule has 0 aliphatic heterocycles. The van der Waals surface area contributed by atoms with Crippen LogP contribution in [0.4, 0.5) is 0 Å². The van der Waals surface area contributed by atoms with E-state index < -0.39 is 5.41 Å². The van der Waals surface area contributed by atoms with Gasteiger partial charge in [-0.1, -0.05) is 63.3 Å². The fourth-order valence-electron chi connectivity index (χ4n) is 3.13. The molecule has 0 spiro atoms. The molecule has 156 valence electrons. The molecule has 0 saturated heterocycles. The smallest absolute Gasteiger partial charge is 0.343 e. The van der Waals surface area contributed by atoms with Crippen molar-refractivity contribution in [1.29, 1.82) is 0 Å². The Morgan fingerprint density at radius 3 is 1.57 bits per heavy atom. The van der Waals surface area contributed by atoms with Crippen LogP contribution in [0.5, 0.6) is 0 Å². The van der Waals surface area contributed by atoms with Gasteiger partial charge in [-0.25, -0.2) is 0 Å². The third kappa shape index (κ3) is 4.28. The van der Waals surface area contributed by atoms with Gasteiger partial charge in [-0.05, 0) is 37.4 Å². The Balaban J connectivity index is 0.00000256. The molecule has 30 heavy (non-hydrogen) atoms. The van der Waals surface area contributed by atoms with Crippen molar-refractivity contribution in [1.82, 2.24) is 29.5 Å². The Morgan fingerprint density at radius 1 is 0.767 bits per heavy atom. The van der Waals surface area contributed by atoms with Crippen LogP contribution in [-0.2, 0) is 38.7 Å². The molecule has 4 aromatic heterocycles. The quantitative estimate of drug-likeness (QED) is 0.304. The minimum absolute atomic E-state index is 0. The molecular weight excluding hydrogens is 467 g/mol. The number of nitrogens with zero attached hydrogens (tertiary/aromatic N) is 6. The van der Waals surface area contributed by atoms with Crippen molar-refractivity contribution in [3.8, 4) is 11.6 Å². The molecule has 4 rings (SSSR count). The van der Waals surface area contributed by atoms with E-state index in [0.29, 0.717) is 0 Å². The second-order valence-corrected chi connectivity index (χ2v) is 7.45. The molecule has 0 fully saturated rings. The Labute approximate surface area is 191 Å². The van der Waals surface area contributed by atoms with Gasteiger partial charge in [-0.15, -0.1) is 12.1 Å². The average molecular weight is 491 g/mol. The van der Waals surface area contributed by atoms with E-state index in [4.69, 9.17) is 9.97 Å². The fourth-order valence-corrected chi connectivity index (χ4v) is 3.13. The second kappa shape index (κ2) is 9.03. The molecule has 0 aliphatic carbocycles. The maximum absolute atomic E-state index is 4.86. The molecular formula is C23H24N6Pd. The molecule has 0 amide bonds. The van der Waals surface area contributed by atoms with Gasteiger partial charge in [0.2, 0.25) is 0 Å². The first kappa shape index (κ1) is 22.1. The van der Waals surface area contributed by atoms with Gasteiger partial charge in [0, 0.05) is 16.8 Å². The van der Waals surface area contributed by atoms with Crippen molar-refractivity contribution in [2.75, 3.05) is 0 Å². The third-order valence-electron chi connectivity index (χ3n) is 5.07. The van der Waals surface area contributed by atoms with Gasteiger partial charge in [0.1, 0.15) is 0 Å². The minimum atomic E-state index is -0.395. The monoisotopic (exact) mass is 490 g/mol. The summed E-state index contributed by atoms with van der Waals surface area (Å²) in [5.74, 6) is 1.50. The van der Waals surface area contributed by atoms with Crippen LogP contribution in [-0.4, -0.2) is 29.5 Å². The van der Waals surface area contributed by atoms with E-state index in [-0.39, 0.29) is 20.4 Å². The maximum Gasteiger partial charge on any atom is 2.00 e. The van der Waals surface area contributed by atoms with Crippen molar-refractivity contribution in [2.24, 2.45) is 0 Å². The van der Waals surface area contributed by atoms with Crippen LogP contribution in [0.3, 0.4) is 0 Å². The Bertz CT molecular complexity index is 1040. The van der Waals surface area contributed by atoms with Crippen LogP contribution in [0.1, 0.15) is 50.5 Å². The van der Waals surface area contributed by atoms with Gasteiger partial charge in [-0.2, -0.15) is 0 Å². The molecule has 0 aromatic carbocycles. The van der Waals surface area contributed by atoms with Crippen LogP contribution in [0.25, 0.3) is 11.6 Å². The van der Waals surface area contributed by atoms with E-state index >= 15 is 0 Å². The molecule has 0 aliphatic rings. The largest absolute Gasteiger partial charge is 2.00 e. The standard InChI is InChI=1S/C23H24N6.Pd/c1-5-17-13-15-28(26-17)21-11-7-9-19(24-21)23(3,4)20-10-8-12-22(25-20)29-16-14-18(6-2)27-29;/h7-14H,5-6H2,1-4H3;/q-2;+2. The van der Waals surface area contributed by atoms with Gasteiger partial charge in [0.25, 0.3) is 0 Å². The molecule has 0 radical (unpaired) electrons. The van der Waals surface area contributed by atoms with Gasteiger partial charge >= 0.3 is 20.4 Å². The molecule has 0 bridgehead atoms. The van der Waals surface area contributed by atoms with Crippen molar-refractivity contribution in [2.45, 2.75) is 46.0 Å². The van der Waals surface area contributed by atoms with Gasteiger partial charge in [-0.3, -0.25) is 20.2 Å². The number of hydrogen-bond donors (Lipinski definition) is 0. The van der Waals surface area contributed by atoms with Crippen molar-refractivity contribution in [3.05, 3.63) is 83.7 Å². The molecule has 4 aromatic rings. The van der Waals surface area contributed by atoms with Crippen LogP contribution in [0.15, 0.2) is 48.5 Å². The molecule has 6 nitrogen and oxygen atoms in total. The summed E-state index contributed by atoms with van der Waals surface area (Å²) in [5, 5.41) is 9.05. The van der Waals surface area contributed by atoms with Gasteiger partial charge < -0.3 is 9.36 Å².